The fraction of sp³-hybridized carbons (Fsp3) is 0.308. The molecule has 7 nitrogen and oxygen atoms in total. The SMILES string of the molecule is Cc1ccc(C2(C)CCc3nc(NC(=O)Cc4ccc(S(C)(=O)=O)cc4)cc(C)c3C2=O)nc1. The maximum absolute atomic E-state index is 13.5. The van der Waals surface area contributed by atoms with Crippen molar-refractivity contribution in [3.63, 3.8) is 0 Å². The molecule has 2 heterocycles. The Labute approximate surface area is 199 Å². The van der Waals surface area contributed by atoms with Gasteiger partial charge in [-0.25, -0.2) is 13.4 Å². The fourth-order valence-electron chi connectivity index (χ4n) is 4.32. The number of carbonyl (C=O) groups is 2. The number of aromatic nitrogens is 2. The predicted molar refractivity (Wildman–Crippen MR) is 130 cm³/mol. The number of fused-ring (bicyclic) bond motifs is 1. The first kappa shape index (κ1) is 23.8. The van der Waals surface area contributed by atoms with Crippen molar-refractivity contribution in [1.82, 2.24) is 9.97 Å². The van der Waals surface area contributed by atoms with Gasteiger partial charge in [0.05, 0.1) is 28.1 Å². The molecule has 0 saturated heterocycles. The number of sulfone groups is 1. The zero-order valence-electron chi connectivity index (χ0n) is 19.7. The molecule has 3 aromatic rings. The molecule has 1 aromatic carbocycles. The van der Waals surface area contributed by atoms with E-state index in [1.165, 1.54) is 12.1 Å². The summed E-state index contributed by atoms with van der Waals surface area (Å²) in [6, 6.07) is 11.8. The van der Waals surface area contributed by atoms with Gasteiger partial charge in [0.25, 0.3) is 0 Å². The number of hydrogen-bond acceptors (Lipinski definition) is 6. The number of Topliss-reactive ketones (excluding diaryl/α,β-unsaturated/α-hetero) is 1. The van der Waals surface area contributed by atoms with E-state index in [4.69, 9.17) is 0 Å². The number of anilines is 1. The Morgan fingerprint density at radius 3 is 2.44 bits per heavy atom. The normalized spacial score (nSPS) is 17.8. The third kappa shape index (κ3) is 4.63. The first-order chi connectivity index (χ1) is 16.0. The minimum absolute atomic E-state index is 0.000976. The van der Waals surface area contributed by atoms with E-state index in [0.29, 0.717) is 35.5 Å². The number of rotatable bonds is 5. The van der Waals surface area contributed by atoms with Gasteiger partial charge in [0, 0.05) is 18.0 Å². The highest BCUT2D eigenvalue weighted by molar-refractivity contribution is 7.90. The quantitative estimate of drug-likeness (QED) is 0.600. The van der Waals surface area contributed by atoms with E-state index in [2.05, 4.69) is 15.3 Å². The summed E-state index contributed by atoms with van der Waals surface area (Å²) in [6.45, 7) is 5.75. The number of carbonyl (C=O) groups excluding carboxylic acids is 2. The zero-order valence-corrected chi connectivity index (χ0v) is 20.5. The Bertz CT molecular complexity index is 1380. The van der Waals surface area contributed by atoms with E-state index in [-0.39, 0.29) is 23.0 Å². The van der Waals surface area contributed by atoms with Crippen molar-refractivity contribution < 1.29 is 18.0 Å². The number of hydrogen-bond donors (Lipinski definition) is 1. The number of amides is 1. The van der Waals surface area contributed by atoms with Crippen LogP contribution >= 0.6 is 0 Å². The van der Waals surface area contributed by atoms with Gasteiger partial charge < -0.3 is 5.32 Å². The molecule has 1 amide bonds. The lowest BCUT2D eigenvalue weighted by atomic mass is 9.70. The van der Waals surface area contributed by atoms with Crippen molar-refractivity contribution >= 4 is 27.3 Å². The van der Waals surface area contributed by atoms with E-state index in [9.17, 15) is 18.0 Å². The van der Waals surface area contributed by atoms with Crippen molar-refractivity contribution in [3.05, 3.63) is 82.3 Å². The van der Waals surface area contributed by atoms with Crippen LogP contribution in [0, 0.1) is 13.8 Å². The summed E-state index contributed by atoms with van der Waals surface area (Å²) in [7, 11) is -3.28. The lowest BCUT2D eigenvalue weighted by molar-refractivity contribution is -0.115. The molecule has 4 rings (SSSR count). The number of nitrogens with one attached hydrogen (secondary N) is 1. The molecule has 8 heteroatoms. The van der Waals surface area contributed by atoms with Crippen LogP contribution in [0.15, 0.2) is 53.6 Å². The van der Waals surface area contributed by atoms with Crippen LogP contribution in [-0.2, 0) is 32.9 Å². The van der Waals surface area contributed by atoms with Crippen LogP contribution in [0.25, 0.3) is 0 Å². The summed E-state index contributed by atoms with van der Waals surface area (Å²) in [5, 5.41) is 2.81. The van der Waals surface area contributed by atoms with Gasteiger partial charge in [-0.15, -0.1) is 0 Å². The van der Waals surface area contributed by atoms with E-state index in [1.54, 1.807) is 24.4 Å². The molecule has 0 bridgehead atoms. The zero-order chi connectivity index (χ0) is 24.7. The third-order valence-electron chi connectivity index (χ3n) is 6.34. The average molecular weight is 478 g/mol. The van der Waals surface area contributed by atoms with Crippen molar-refractivity contribution in [2.75, 3.05) is 11.6 Å². The lowest BCUT2D eigenvalue weighted by Gasteiger charge is -2.33. The molecule has 176 valence electrons. The third-order valence-corrected chi connectivity index (χ3v) is 7.47. The minimum atomic E-state index is -3.28. The van der Waals surface area contributed by atoms with Crippen LogP contribution in [0.2, 0.25) is 0 Å². The van der Waals surface area contributed by atoms with Gasteiger partial charge in [0.2, 0.25) is 5.91 Å². The van der Waals surface area contributed by atoms with E-state index >= 15 is 0 Å². The summed E-state index contributed by atoms with van der Waals surface area (Å²) >= 11 is 0. The van der Waals surface area contributed by atoms with E-state index in [0.717, 1.165) is 23.1 Å². The van der Waals surface area contributed by atoms with Gasteiger partial charge in [-0.2, -0.15) is 0 Å². The van der Waals surface area contributed by atoms with Crippen molar-refractivity contribution in [2.24, 2.45) is 0 Å². The van der Waals surface area contributed by atoms with Gasteiger partial charge in [-0.1, -0.05) is 18.2 Å². The molecule has 1 aliphatic rings. The maximum Gasteiger partial charge on any atom is 0.229 e. The number of nitrogens with zero attached hydrogens (tertiary/aromatic N) is 2. The molecule has 0 aliphatic heterocycles. The van der Waals surface area contributed by atoms with Crippen molar-refractivity contribution in [3.8, 4) is 0 Å². The molecule has 1 unspecified atom stereocenters. The van der Waals surface area contributed by atoms with Gasteiger partial charge in [-0.3, -0.25) is 14.6 Å². The molecule has 34 heavy (non-hydrogen) atoms. The number of benzene rings is 1. The molecule has 1 N–H and O–H groups in total. The Morgan fingerprint density at radius 2 is 1.82 bits per heavy atom. The minimum Gasteiger partial charge on any atom is -0.310 e. The Morgan fingerprint density at radius 1 is 1.12 bits per heavy atom. The molecule has 0 spiro atoms. The van der Waals surface area contributed by atoms with Crippen LogP contribution in [0.4, 0.5) is 5.82 Å². The second-order valence-electron chi connectivity index (χ2n) is 9.17. The molecule has 1 aliphatic carbocycles. The van der Waals surface area contributed by atoms with Gasteiger partial charge in [0.1, 0.15) is 5.82 Å². The molecular formula is C26H27N3O4S. The molecule has 1 atom stereocenters. The van der Waals surface area contributed by atoms with Crippen LogP contribution < -0.4 is 5.32 Å². The maximum atomic E-state index is 13.5. The molecule has 2 aromatic heterocycles. The number of aryl methyl sites for hydroxylation is 3. The second-order valence-corrected chi connectivity index (χ2v) is 11.2. The fourth-order valence-corrected chi connectivity index (χ4v) is 4.95. The van der Waals surface area contributed by atoms with Crippen molar-refractivity contribution in [2.45, 2.75) is 50.3 Å². The first-order valence-electron chi connectivity index (χ1n) is 11.0. The summed E-state index contributed by atoms with van der Waals surface area (Å²) in [4.78, 5) is 35.4. The molecule has 0 saturated carbocycles. The van der Waals surface area contributed by atoms with Crippen LogP contribution in [0.3, 0.4) is 0 Å². The summed E-state index contributed by atoms with van der Waals surface area (Å²) in [5.41, 5.74) is 3.83. The summed E-state index contributed by atoms with van der Waals surface area (Å²) < 4.78 is 23.2. The Kier molecular flexibility index (Phi) is 6.12. The monoisotopic (exact) mass is 477 g/mol. The largest absolute Gasteiger partial charge is 0.310 e. The van der Waals surface area contributed by atoms with Gasteiger partial charge in [-0.05, 0) is 74.6 Å². The molecule has 0 radical (unpaired) electrons. The van der Waals surface area contributed by atoms with Gasteiger partial charge in [0.15, 0.2) is 15.6 Å². The second kappa shape index (κ2) is 8.76. The highest BCUT2D eigenvalue weighted by Crippen LogP contribution is 2.38. The highest BCUT2D eigenvalue weighted by atomic mass is 32.2. The Hall–Kier alpha value is -3.39. The predicted octanol–water partition coefficient (Wildman–Crippen LogP) is 3.76. The number of pyridine rings is 2. The smallest absolute Gasteiger partial charge is 0.229 e. The standard InChI is InChI=1S/C26H27N3O4S/c1-16-5-10-21(27-15-16)26(3)12-11-20-24(25(26)31)17(2)13-22(28-20)29-23(30)14-18-6-8-19(9-7-18)34(4,32)33/h5-10,13,15H,11-12,14H2,1-4H3,(H,28,29,30). The Balaban J connectivity index is 1.52. The lowest BCUT2D eigenvalue weighted by Crippen LogP contribution is -2.39. The highest BCUT2D eigenvalue weighted by Gasteiger charge is 2.42. The topological polar surface area (TPSA) is 106 Å². The summed E-state index contributed by atoms with van der Waals surface area (Å²) in [5.74, 6) is 0.132. The van der Waals surface area contributed by atoms with Crippen LogP contribution in [0.1, 0.15) is 51.8 Å². The molecular weight excluding hydrogens is 450 g/mol. The first-order valence-corrected chi connectivity index (χ1v) is 12.9. The van der Waals surface area contributed by atoms with Crippen LogP contribution in [-0.4, -0.2) is 36.3 Å². The van der Waals surface area contributed by atoms with E-state index < -0.39 is 15.3 Å². The van der Waals surface area contributed by atoms with Crippen LogP contribution in [0.5, 0.6) is 0 Å². The number of ketones is 1. The van der Waals surface area contributed by atoms with E-state index in [1.807, 2.05) is 32.9 Å². The van der Waals surface area contributed by atoms with Crippen molar-refractivity contribution in [1.29, 1.82) is 0 Å². The summed E-state index contributed by atoms with van der Waals surface area (Å²) in [6.07, 6.45) is 4.19. The van der Waals surface area contributed by atoms with Gasteiger partial charge >= 0.3 is 0 Å². The average Bonchev–Trinajstić information content (AvgIpc) is 2.76. The molecule has 0 fully saturated rings.